The molecule has 1 amide bonds. The molecule has 1 aromatic rings. The Kier molecular flexibility index (Phi) is 6.46. The van der Waals surface area contributed by atoms with Crippen LogP contribution in [0.25, 0.3) is 0 Å². The van der Waals surface area contributed by atoms with Crippen LogP contribution in [0.15, 0.2) is 18.2 Å². The molecule has 0 aliphatic carbocycles. The lowest BCUT2D eigenvalue weighted by Crippen LogP contribution is -2.42. The van der Waals surface area contributed by atoms with Gasteiger partial charge < -0.3 is 19.1 Å². The van der Waals surface area contributed by atoms with Gasteiger partial charge in [0.2, 0.25) is 0 Å². The molecular formula is C18H25NO5. The van der Waals surface area contributed by atoms with Gasteiger partial charge in [0, 0.05) is 18.7 Å². The Balaban J connectivity index is 2.13. The fraction of sp³-hybridized carbons (Fsp3) is 0.556. The molecule has 0 N–H and O–H groups in total. The van der Waals surface area contributed by atoms with Crippen molar-refractivity contribution >= 4 is 11.9 Å². The van der Waals surface area contributed by atoms with E-state index in [0.717, 1.165) is 12.8 Å². The fourth-order valence-electron chi connectivity index (χ4n) is 2.87. The highest BCUT2D eigenvalue weighted by Gasteiger charge is 2.30. The number of rotatable bonds is 6. The summed E-state index contributed by atoms with van der Waals surface area (Å²) in [4.78, 5) is 26.4. The number of amides is 1. The topological polar surface area (TPSA) is 65.1 Å². The second kappa shape index (κ2) is 8.57. The molecule has 2 rings (SSSR count). The van der Waals surface area contributed by atoms with Gasteiger partial charge in [-0.25, -0.2) is 0 Å². The summed E-state index contributed by atoms with van der Waals surface area (Å²) in [6.07, 6.45) is 1.55. The Morgan fingerprint density at radius 2 is 2.00 bits per heavy atom. The number of nitrogens with zero attached hydrogens (tertiary/aromatic N) is 1. The molecule has 1 saturated heterocycles. The van der Waals surface area contributed by atoms with E-state index in [-0.39, 0.29) is 17.8 Å². The van der Waals surface area contributed by atoms with Gasteiger partial charge in [0.1, 0.15) is 0 Å². The summed E-state index contributed by atoms with van der Waals surface area (Å²) in [6.45, 7) is 5.55. The van der Waals surface area contributed by atoms with Gasteiger partial charge in [-0.1, -0.05) is 0 Å². The molecule has 1 unspecified atom stereocenters. The van der Waals surface area contributed by atoms with Gasteiger partial charge in [-0.3, -0.25) is 9.59 Å². The van der Waals surface area contributed by atoms with E-state index in [1.807, 2.05) is 6.92 Å². The first-order valence-corrected chi connectivity index (χ1v) is 8.37. The fourth-order valence-corrected chi connectivity index (χ4v) is 2.87. The summed E-state index contributed by atoms with van der Waals surface area (Å²) in [7, 11) is 1.56. The molecule has 1 atom stereocenters. The van der Waals surface area contributed by atoms with Crippen molar-refractivity contribution in [1.82, 2.24) is 4.90 Å². The van der Waals surface area contributed by atoms with Gasteiger partial charge >= 0.3 is 5.97 Å². The van der Waals surface area contributed by atoms with Gasteiger partial charge in [-0.2, -0.15) is 0 Å². The molecule has 24 heavy (non-hydrogen) atoms. The van der Waals surface area contributed by atoms with Crippen molar-refractivity contribution in [2.75, 3.05) is 33.4 Å². The molecule has 132 valence electrons. The van der Waals surface area contributed by atoms with Crippen molar-refractivity contribution in [2.45, 2.75) is 26.7 Å². The molecular weight excluding hydrogens is 310 g/mol. The first kappa shape index (κ1) is 18.1. The predicted molar refractivity (Wildman–Crippen MR) is 89.4 cm³/mol. The maximum Gasteiger partial charge on any atom is 0.310 e. The molecule has 0 saturated carbocycles. The summed E-state index contributed by atoms with van der Waals surface area (Å²) >= 11 is 0. The summed E-state index contributed by atoms with van der Waals surface area (Å²) in [5, 5.41) is 0. The van der Waals surface area contributed by atoms with Crippen molar-refractivity contribution in [3.8, 4) is 11.5 Å². The minimum atomic E-state index is -0.243. The van der Waals surface area contributed by atoms with Crippen molar-refractivity contribution in [3.05, 3.63) is 23.8 Å². The van der Waals surface area contributed by atoms with E-state index in [4.69, 9.17) is 14.2 Å². The van der Waals surface area contributed by atoms with Gasteiger partial charge in [-0.05, 0) is 44.9 Å². The van der Waals surface area contributed by atoms with Crippen molar-refractivity contribution < 1.29 is 23.8 Å². The lowest BCUT2D eigenvalue weighted by Gasteiger charge is -2.31. The minimum Gasteiger partial charge on any atom is -0.493 e. The van der Waals surface area contributed by atoms with Crippen molar-refractivity contribution in [2.24, 2.45) is 5.92 Å². The molecule has 1 fully saturated rings. The summed E-state index contributed by atoms with van der Waals surface area (Å²) in [6, 6.07) is 5.14. The first-order valence-electron chi connectivity index (χ1n) is 8.37. The van der Waals surface area contributed by atoms with Gasteiger partial charge in [0.05, 0.1) is 26.2 Å². The first-order chi connectivity index (χ1) is 11.6. The van der Waals surface area contributed by atoms with E-state index in [1.54, 1.807) is 37.1 Å². The largest absolute Gasteiger partial charge is 0.493 e. The molecule has 0 radical (unpaired) electrons. The van der Waals surface area contributed by atoms with Crippen LogP contribution in [-0.4, -0.2) is 50.2 Å². The highest BCUT2D eigenvalue weighted by Crippen LogP contribution is 2.29. The monoisotopic (exact) mass is 335 g/mol. The Bertz CT molecular complexity index is 587. The highest BCUT2D eigenvalue weighted by molar-refractivity contribution is 5.95. The van der Waals surface area contributed by atoms with E-state index in [9.17, 15) is 9.59 Å². The molecule has 0 spiro atoms. The number of piperidine rings is 1. The maximum absolute atomic E-state index is 12.8. The second-order valence-electron chi connectivity index (χ2n) is 5.64. The number of benzene rings is 1. The number of carbonyl (C=O) groups is 2. The Morgan fingerprint density at radius 3 is 2.67 bits per heavy atom. The zero-order chi connectivity index (χ0) is 17.5. The van der Waals surface area contributed by atoms with Crippen LogP contribution < -0.4 is 9.47 Å². The van der Waals surface area contributed by atoms with Crippen LogP contribution in [0.1, 0.15) is 37.0 Å². The zero-order valence-corrected chi connectivity index (χ0v) is 14.5. The number of hydrogen-bond donors (Lipinski definition) is 0. The lowest BCUT2D eigenvalue weighted by atomic mass is 9.97. The van der Waals surface area contributed by atoms with E-state index in [0.29, 0.717) is 43.4 Å². The Hall–Kier alpha value is -2.24. The van der Waals surface area contributed by atoms with Crippen LogP contribution >= 0.6 is 0 Å². The predicted octanol–water partition coefficient (Wildman–Crippen LogP) is 2.51. The van der Waals surface area contributed by atoms with E-state index in [1.165, 1.54) is 0 Å². The third kappa shape index (κ3) is 4.19. The maximum atomic E-state index is 12.8. The summed E-state index contributed by atoms with van der Waals surface area (Å²) in [5.74, 6) is 0.570. The number of ether oxygens (including phenoxy) is 3. The molecule has 6 heteroatoms. The average molecular weight is 335 g/mol. The van der Waals surface area contributed by atoms with Crippen LogP contribution in [0.2, 0.25) is 0 Å². The third-order valence-electron chi connectivity index (χ3n) is 4.04. The van der Waals surface area contributed by atoms with Crippen LogP contribution in [-0.2, 0) is 9.53 Å². The van der Waals surface area contributed by atoms with E-state index < -0.39 is 0 Å². The Morgan fingerprint density at radius 1 is 1.21 bits per heavy atom. The molecule has 1 heterocycles. The quantitative estimate of drug-likeness (QED) is 0.748. The standard InChI is InChI=1S/C18H25NO5/c1-4-23-16-11-13(8-9-15(16)22-3)17(20)19-10-6-7-14(12-19)18(21)24-5-2/h8-9,11,14H,4-7,10,12H2,1-3H3. The second-order valence-corrected chi connectivity index (χ2v) is 5.64. The number of carbonyl (C=O) groups excluding carboxylic acids is 2. The number of likely N-dealkylation sites (tertiary alicyclic amines) is 1. The van der Waals surface area contributed by atoms with Crippen LogP contribution in [0.3, 0.4) is 0 Å². The highest BCUT2D eigenvalue weighted by atomic mass is 16.5. The average Bonchev–Trinajstić information content (AvgIpc) is 2.61. The molecule has 1 aliphatic rings. The van der Waals surface area contributed by atoms with Gasteiger partial charge in [-0.15, -0.1) is 0 Å². The normalized spacial score (nSPS) is 17.3. The SMILES string of the molecule is CCOC(=O)C1CCCN(C(=O)c2ccc(OC)c(OCC)c2)C1. The smallest absolute Gasteiger partial charge is 0.310 e. The molecule has 1 aliphatic heterocycles. The van der Waals surface area contributed by atoms with Crippen LogP contribution in [0.5, 0.6) is 11.5 Å². The Labute approximate surface area is 142 Å². The number of methoxy groups -OCH3 is 1. The van der Waals surface area contributed by atoms with Crippen molar-refractivity contribution in [3.63, 3.8) is 0 Å². The number of esters is 1. The van der Waals surface area contributed by atoms with E-state index >= 15 is 0 Å². The molecule has 0 bridgehead atoms. The van der Waals surface area contributed by atoms with Gasteiger partial charge in [0.15, 0.2) is 11.5 Å². The third-order valence-corrected chi connectivity index (χ3v) is 4.04. The molecule has 6 nitrogen and oxygen atoms in total. The zero-order valence-electron chi connectivity index (χ0n) is 14.5. The van der Waals surface area contributed by atoms with Gasteiger partial charge in [0.25, 0.3) is 5.91 Å². The minimum absolute atomic E-state index is 0.104. The van der Waals surface area contributed by atoms with Crippen molar-refractivity contribution in [1.29, 1.82) is 0 Å². The summed E-state index contributed by atoms with van der Waals surface area (Å²) in [5.41, 5.74) is 0.531. The van der Waals surface area contributed by atoms with Crippen LogP contribution in [0, 0.1) is 5.92 Å². The van der Waals surface area contributed by atoms with E-state index in [2.05, 4.69) is 0 Å². The summed E-state index contributed by atoms with van der Waals surface area (Å²) < 4.78 is 15.9. The lowest BCUT2D eigenvalue weighted by molar-refractivity contribution is -0.149. The van der Waals surface area contributed by atoms with Crippen LogP contribution in [0.4, 0.5) is 0 Å². The molecule has 1 aromatic carbocycles. The number of hydrogen-bond acceptors (Lipinski definition) is 5. The molecule has 0 aromatic heterocycles.